The van der Waals surface area contributed by atoms with E-state index in [4.69, 9.17) is 9.72 Å². The fraction of sp³-hybridized carbons (Fsp3) is 0.157. The largest absolute Gasteiger partial charge is 0.457 e. The van der Waals surface area contributed by atoms with Crippen LogP contribution in [0.3, 0.4) is 0 Å². The maximum atomic E-state index is 15.2. The minimum absolute atomic E-state index is 0.0681. The molecule has 5 nitrogen and oxygen atoms in total. The molecular weight excluding hydrogens is 951 g/mol. The molecule has 11 aromatic rings. The first-order valence-electron chi connectivity index (χ1n) is 26.6. The first-order valence-corrected chi connectivity index (χ1v) is 26.6. The van der Waals surface area contributed by atoms with Crippen molar-refractivity contribution in [3.63, 3.8) is 0 Å². The lowest BCUT2D eigenvalue weighted by Crippen LogP contribution is -2.25. The van der Waals surface area contributed by atoms with Gasteiger partial charge in [-0.05, 0) is 134 Å². The molecule has 0 spiro atoms. The molecule has 3 heterocycles. The molecule has 0 atom stereocenters. The monoisotopic (exact) mass is 1010 g/mol. The summed E-state index contributed by atoms with van der Waals surface area (Å²) in [5, 5.41) is 2.25. The standard InChI is InChI=1S/C70H60F2N4O/c1-44(2)61-37-48(46-19-10-8-11-20-46)38-62(45(3)4)68(61)50-35-54(41-56(36-50)77-55-29-30-60-59-23-14-15-26-63(59)76(66(60)42-55)67-39-51(31-32-73-67)70(5,6)7)74-43-75(65-28-17-16-27-64(65)74)69-57(47-21-12-9-13-22-47)24-18-25-58(69)49-33-52(71)40-53(72)34-49/h8-42,44-45H,43H2,1-7H3. The molecular formula is C70H60F2N4O. The molecule has 9 aromatic carbocycles. The number of para-hydroxylation sites is 4. The Hall–Kier alpha value is -8.81. The van der Waals surface area contributed by atoms with Gasteiger partial charge in [0.2, 0.25) is 0 Å². The number of hydrogen-bond donors (Lipinski definition) is 0. The average Bonchev–Trinajstić information content (AvgIpc) is 4.05. The Kier molecular flexibility index (Phi) is 12.6. The van der Waals surface area contributed by atoms with Crippen molar-refractivity contribution in [3.8, 4) is 61.8 Å². The normalized spacial score (nSPS) is 12.6. The second-order valence-corrected chi connectivity index (χ2v) is 21.9. The highest BCUT2D eigenvalue weighted by Crippen LogP contribution is 2.52. The van der Waals surface area contributed by atoms with E-state index in [-0.39, 0.29) is 17.3 Å². The minimum Gasteiger partial charge on any atom is -0.457 e. The van der Waals surface area contributed by atoms with Crippen LogP contribution in [-0.2, 0) is 5.41 Å². The van der Waals surface area contributed by atoms with E-state index in [1.807, 2.05) is 36.5 Å². The van der Waals surface area contributed by atoms with Crippen molar-refractivity contribution >= 4 is 44.6 Å². The van der Waals surface area contributed by atoms with E-state index < -0.39 is 11.6 Å². The fourth-order valence-electron chi connectivity index (χ4n) is 11.3. The molecule has 0 fully saturated rings. The number of anilines is 4. The van der Waals surface area contributed by atoms with Crippen molar-refractivity contribution in [3.05, 3.63) is 241 Å². The topological polar surface area (TPSA) is 33.5 Å². The first-order chi connectivity index (χ1) is 37.3. The van der Waals surface area contributed by atoms with Crippen LogP contribution in [0.15, 0.2) is 212 Å². The van der Waals surface area contributed by atoms with E-state index in [0.717, 1.165) is 73.1 Å². The predicted octanol–water partition coefficient (Wildman–Crippen LogP) is 19.7. The Morgan fingerprint density at radius 3 is 1.77 bits per heavy atom. The summed E-state index contributed by atoms with van der Waals surface area (Å²) in [7, 11) is 0. The number of nitrogens with zero attached hydrogens (tertiary/aromatic N) is 4. The Bertz CT molecular complexity index is 3970. The fourth-order valence-corrected chi connectivity index (χ4v) is 11.3. The summed E-state index contributed by atoms with van der Waals surface area (Å²) in [5.41, 5.74) is 17.1. The van der Waals surface area contributed by atoms with Gasteiger partial charge in [-0.1, -0.05) is 170 Å². The highest BCUT2D eigenvalue weighted by molar-refractivity contribution is 6.09. The molecule has 0 aliphatic carbocycles. The molecule has 0 N–H and O–H groups in total. The van der Waals surface area contributed by atoms with Crippen LogP contribution in [0.4, 0.5) is 31.5 Å². The van der Waals surface area contributed by atoms with Crippen molar-refractivity contribution in [2.45, 2.75) is 65.7 Å². The van der Waals surface area contributed by atoms with Crippen molar-refractivity contribution < 1.29 is 13.5 Å². The first kappa shape index (κ1) is 49.1. The van der Waals surface area contributed by atoms with Crippen LogP contribution >= 0.6 is 0 Å². The van der Waals surface area contributed by atoms with E-state index in [0.29, 0.717) is 29.3 Å². The molecule has 12 rings (SSSR count). The number of rotatable bonds is 11. The quantitative estimate of drug-likeness (QED) is 0.129. The third-order valence-corrected chi connectivity index (χ3v) is 15.1. The zero-order valence-electron chi connectivity index (χ0n) is 44.5. The lowest BCUT2D eigenvalue weighted by Gasteiger charge is -2.28. The van der Waals surface area contributed by atoms with Gasteiger partial charge in [-0.25, -0.2) is 13.8 Å². The number of benzene rings is 9. The van der Waals surface area contributed by atoms with Crippen molar-refractivity contribution in [1.29, 1.82) is 0 Å². The molecule has 0 radical (unpaired) electrons. The van der Waals surface area contributed by atoms with Crippen molar-refractivity contribution in [2.75, 3.05) is 16.5 Å². The van der Waals surface area contributed by atoms with E-state index in [9.17, 15) is 0 Å². The second-order valence-electron chi connectivity index (χ2n) is 21.9. The third-order valence-electron chi connectivity index (χ3n) is 15.1. The molecule has 77 heavy (non-hydrogen) atoms. The highest BCUT2D eigenvalue weighted by Gasteiger charge is 2.33. The SMILES string of the molecule is CC(C)c1cc(-c2ccccc2)cc(C(C)C)c1-c1cc(Oc2ccc3c4ccccc4n(-c4cc(C(C)(C)C)ccn4)c3c2)cc(N2CN(c3c(-c4ccccc4)cccc3-c3cc(F)cc(F)c3)c3ccccc32)c1. The van der Waals surface area contributed by atoms with Crippen LogP contribution in [0.25, 0.3) is 72.1 Å². The van der Waals surface area contributed by atoms with Gasteiger partial charge in [-0.15, -0.1) is 0 Å². The van der Waals surface area contributed by atoms with Gasteiger partial charge in [-0.2, -0.15) is 0 Å². The Labute approximate surface area is 450 Å². The van der Waals surface area contributed by atoms with Crippen LogP contribution in [0.2, 0.25) is 0 Å². The van der Waals surface area contributed by atoms with E-state index in [2.05, 4.69) is 221 Å². The average molecular weight is 1010 g/mol. The second kappa shape index (κ2) is 19.7. The Morgan fingerprint density at radius 1 is 0.481 bits per heavy atom. The Balaban J connectivity index is 1.06. The van der Waals surface area contributed by atoms with Crippen LogP contribution in [-0.4, -0.2) is 16.2 Å². The molecule has 0 saturated carbocycles. The maximum absolute atomic E-state index is 15.2. The summed E-state index contributed by atoms with van der Waals surface area (Å²) in [6.45, 7) is 16.2. The zero-order valence-corrected chi connectivity index (χ0v) is 44.5. The van der Waals surface area contributed by atoms with Gasteiger partial charge in [0, 0.05) is 52.0 Å². The van der Waals surface area contributed by atoms with Gasteiger partial charge in [0.25, 0.3) is 0 Å². The third kappa shape index (κ3) is 9.20. The van der Waals surface area contributed by atoms with Crippen molar-refractivity contribution in [1.82, 2.24) is 9.55 Å². The summed E-state index contributed by atoms with van der Waals surface area (Å²) in [5.74, 6) is 1.35. The molecule has 7 heteroatoms. The van der Waals surface area contributed by atoms with Gasteiger partial charge in [0.05, 0.1) is 28.1 Å². The summed E-state index contributed by atoms with van der Waals surface area (Å²) in [6.07, 6.45) is 1.91. The molecule has 1 aliphatic rings. The number of ether oxygens (including phenoxy) is 1. The van der Waals surface area contributed by atoms with Gasteiger partial charge >= 0.3 is 0 Å². The molecule has 1 aliphatic heterocycles. The lowest BCUT2D eigenvalue weighted by atomic mass is 9.82. The smallest absolute Gasteiger partial charge is 0.137 e. The molecule has 0 bridgehead atoms. The number of fused-ring (bicyclic) bond motifs is 4. The molecule has 380 valence electrons. The summed E-state index contributed by atoms with van der Waals surface area (Å²) < 4.78 is 39.9. The van der Waals surface area contributed by atoms with Crippen LogP contribution < -0.4 is 14.5 Å². The van der Waals surface area contributed by atoms with Crippen LogP contribution in [0.1, 0.15) is 77.0 Å². The van der Waals surface area contributed by atoms with Crippen LogP contribution in [0, 0.1) is 11.6 Å². The lowest BCUT2D eigenvalue weighted by molar-refractivity contribution is 0.483. The Morgan fingerprint density at radius 2 is 1.09 bits per heavy atom. The number of halogens is 2. The predicted molar refractivity (Wildman–Crippen MR) is 316 cm³/mol. The molecule has 0 amide bonds. The maximum Gasteiger partial charge on any atom is 0.137 e. The van der Waals surface area contributed by atoms with E-state index in [1.165, 1.54) is 45.5 Å². The molecule has 0 saturated heterocycles. The van der Waals surface area contributed by atoms with E-state index >= 15 is 8.78 Å². The van der Waals surface area contributed by atoms with Gasteiger partial charge in [-0.3, -0.25) is 4.57 Å². The van der Waals surface area contributed by atoms with E-state index in [1.54, 1.807) is 0 Å². The van der Waals surface area contributed by atoms with Gasteiger partial charge in [0.15, 0.2) is 0 Å². The minimum atomic E-state index is -0.630. The summed E-state index contributed by atoms with van der Waals surface area (Å²) in [4.78, 5) is 9.58. The summed E-state index contributed by atoms with van der Waals surface area (Å²) in [6, 6.07) is 69.6. The number of aromatic nitrogens is 2. The molecule has 2 aromatic heterocycles. The number of pyridine rings is 1. The van der Waals surface area contributed by atoms with Gasteiger partial charge in [0.1, 0.15) is 35.6 Å². The molecule has 0 unspecified atom stereocenters. The van der Waals surface area contributed by atoms with Crippen LogP contribution in [0.5, 0.6) is 11.5 Å². The summed E-state index contributed by atoms with van der Waals surface area (Å²) >= 11 is 0. The van der Waals surface area contributed by atoms with Crippen molar-refractivity contribution in [2.24, 2.45) is 0 Å². The number of hydrogen-bond acceptors (Lipinski definition) is 4. The van der Waals surface area contributed by atoms with Gasteiger partial charge < -0.3 is 14.5 Å². The highest BCUT2D eigenvalue weighted by atomic mass is 19.1. The zero-order chi connectivity index (χ0) is 53.1.